The van der Waals surface area contributed by atoms with Crippen LogP contribution in [0.4, 0.5) is 5.69 Å². The lowest BCUT2D eigenvalue weighted by Gasteiger charge is -2.08. The molecule has 0 unspecified atom stereocenters. The molecule has 0 aliphatic heterocycles. The van der Waals surface area contributed by atoms with Crippen molar-refractivity contribution in [2.24, 2.45) is 0 Å². The Balaban J connectivity index is 2.29. The molecule has 0 amide bonds. The lowest BCUT2D eigenvalue weighted by Crippen LogP contribution is -2.07. The van der Waals surface area contributed by atoms with Gasteiger partial charge in [0.25, 0.3) is 5.69 Å². The number of hydrogen-bond donors (Lipinski definition) is 1. The van der Waals surface area contributed by atoms with Crippen LogP contribution in [0.15, 0.2) is 24.7 Å². The van der Waals surface area contributed by atoms with E-state index in [4.69, 9.17) is 0 Å². The summed E-state index contributed by atoms with van der Waals surface area (Å²) in [5.41, 5.74) is 3.30. The number of nitrogens with zero attached hydrogens (tertiary/aromatic N) is 3. The third kappa shape index (κ3) is 2.85. The molecule has 0 aromatic carbocycles. The Kier molecular flexibility index (Phi) is 4.14. The van der Waals surface area contributed by atoms with Gasteiger partial charge in [-0.1, -0.05) is 0 Å². The second-order valence-electron chi connectivity index (χ2n) is 4.84. The molecule has 20 heavy (non-hydrogen) atoms. The van der Waals surface area contributed by atoms with Crippen molar-refractivity contribution in [3.05, 3.63) is 57.2 Å². The van der Waals surface area contributed by atoms with E-state index >= 15 is 0 Å². The summed E-state index contributed by atoms with van der Waals surface area (Å²) < 4.78 is 1.99. The van der Waals surface area contributed by atoms with Gasteiger partial charge in [-0.15, -0.1) is 0 Å². The fourth-order valence-corrected chi connectivity index (χ4v) is 2.28. The molecule has 0 bridgehead atoms. The normalized spacial score (nSPS) is 10.8. The molecule has 6 heteroatoms. The fraction of sp³-hybridized carbons (Fsp3) is 0.357. The first-order chi connectivity index (χ1) is 9.52. The highest BCUT2D eigenvalue weighted by Crippen LogP contribution is 2.24. The summed E-state index contributed by atoms with van der Waals surface area (Å²) in [6.07, 6.45) is 5.54. The molecule has 2 aromatic rings. The Hall–Kier alpha value is -2.21. The van der Waals surface area contributed by atoms with Gasteiger partial charge in [-0.3, -0.25) is 15.1 Å². The molecular weight excluding hydrogens is 256 g/mol. The van der Waals surface area contributed by atoms with Crippen LogP contribution in [0.5, 0.6) is 0 Å². The van der Waals surface area contributed by atoms with E-state index in [9.17, 15) is 10.1 Å². The van der Waals surface area contributed by atoms with E-state index in [1.807, 2.05) is 30.1 Å². The van der Waals surface area contributed by atoms with Gasteiger partial charge in [-0.05, 0) is 32.5 Å². The Morgan fingerprint density at radius 2 is 2.20 bits per heavy atom. The minimum Gasteiger partial charge on any atom is -0.348 e. The molecule has 0 aliphatic rings. The third-order valence-electron chi connectivity index (χ3n) is 3.28. The zero-order valence-electron chi connectivity index (χ0n) is 11.9. The highest BCUT2D eigenvalue weighted by atomic mass is 16.6. The molecule has 1 N–H and O–H groups in total. The van der Waals surface area contributed by atoms with Crippen molar-refractivity contribution in [1.82, 2.24) is 14.9 Å². The number of hydrogen-bond acceptors (Lipinski definition) is 4. The smallest absolute Gasteiger partial charge is 0.278 e. The summed E-state index contributed by atoms with van der Waals surface area (Å²) in [7, 11) is 1.90. The Morgan fingerprint density at radius 3 is 2.85 bits per heavy atom. The highest BCUT2D eigenvalue weighted by Gasteiger charge is 2.18. The van der Waals surface area contributed by atoms with Crippen LogP contribution in [0, 0.1) is 24.0 Å². The first-order valence-corrected chi connectivity index (χ1v) is 6.41. The van der Waals surface area contributed by atoms with Crippen LogP contribution in [-0.2, 0) is 13.1 Å². The van der Waals surface area contributed by atoms with Gasteiger partial charge >= 0.3 is 0 Å². The lowest BCUT2D eigenvalue weighted by molar-refractivity contribution is -0.386. The maximum absolute atomic E-state index is 11.1. The standard InChI is InChI=1S/C14H18N4O2/c1-10-6-16-13(11(2)14(10)18(19)20)9-17-5-4-12(8-17)7-15-3/h4-6,8,15H,7,9H2,1-3H3. The van der Waals surface area contributed by atoms with Gasteiger partial charge in [-0.25, -0.2) is 0 Å². The molecule has 0 saturated heterocycles. The van der Waals surface area contributed by atoms with Crippen molar-refractivity contribution >= 4 is 5.69 Å². The van der Waals surface area contributed by atoms with E-state index in [1.165, 1.54) is 5.56 Å². The van der Waals surface area contributed by atoms with Crippen molar-refractivity contribution in [3.63, 3.8) is 0 Å². The molecule has 106 valence electrons. The summed E-state index contributed by atoms with van der Waals surface area (Å²) in [5, 5.41) is 14.2. The number of nitrogens with one attached hydrogen (secondary N) is 1. The molecule has 2 heterocycles. The van der Waals surface area contributed by atoms with Gasteiger partial charge in [0, 0.05) is 30.7 Å². The quantitative estimate of drug-likeness (QED) is 0.670. The number of aromatic nitrogens is 2. The van der Waals surface area contributed by atoms with Crippen LogP contribution in [0.1, 0.15) is 22.4 Å². The Morgan fingerprint density at radius 1 is 1.45 bits per heavy atom. The van der Waals surface area contributed by atoms with Gasteiger partial charge in [0.15, 0.2) is 0 Å². The molecule has 0 saturated carbocycles. The third-order valence-corrected chi connectivity index (χ3v) is 3.28. The zero-order valence-corrected chi connectivity index (χ0v) is 11.9. The van der Waals surface area contributed by atoms with Crippen LogP contribution in [0.25, 0.3) is 0 Å². The van der Waals surface area contributed by atoms with E-state index in [2.05, 4.69) is 10.3 Å². The van der Waals surface area contributed by atoms with Crippen molar-refractivity contribution in [2.75, 3.05) is 7.05 Å². The molecule has 0 aliphatic carbocycles. The first-order valence-electron chi connectivity index (χ1n) is 6.41. The minimum atomic E-state index is -0.335. The summed E-state index contributed by atoms with van der Waals surface area (Å²) in [6.45, 7) is 4.80. The van der Waals surface area contributed by atoms with E-state index in [0.29, 0.717) is 17.7 Å². The molecule has 6 nitrogen and oxygen atoms in total. The SMILES string of the molecule is CNCc1ccn(Cc2ncc(C)c([N+](=O)[O-])c2C)c1. The average molecular weight is 274 g/mol. The number of rotatable bonds is 5. The zero-order chi connectivity index (χ0) is 14.7. The van der Waals surface area contributed by atoms with E-state index in [0.717, 1.165) is 12.2 Å². The summed E-state index contributed by atoms with van der Waals surface area (Å²) in [6, 6.07) is 2.02. The van der Waals surface area contributed by atoms with Crippen LogP contribution in [0.3, 0.4) is 0 Å². The van der Waals surface area contributed by atoms with E-state index < -0.39 is 0 Å². The Labute approximate surface area is 117 Å². The summed E-state index contributed by atoms with van der Waals surface area (Å²) in [5.74, 6) is 0. The molecule has 2 rings (SSSR count). The number of aryl methyl sites for hydroxylation is 1. The topological polar surface area (TPSA) is 73.0 Å². The highest BCUT2D eigenvalue weighted by molar-refractivity contribution is 5.47. The molecule has 0 radical (unpaired) electrons. The first kappa shape index (κ1) is 14.2. The van der Waals surface area contributed by atoms with E-state index in [-0.39, 0.29) is 10.6 Å². The van der Waals surface area contributed by atoms with Crippen LogP contribution >= 0.6 is 0 Å². The van der Waals surface area contributed by atoms with Crippen molar-refractivity contribution in [2.45, 2.75) is 26.9 Å². The molecule has 2 aromatic heterocycles. The monoisotopic (exact) mass is 274 g/mol. The minimum absolute atomic E-state index is 0.164. The fourth-order valence-electron chi connectivity index (χ4n) is 2.28. The van der Waals surface area contributed by atoms with Gasteiger partial charge in [-0.2, -0.15) is 0 Å². The number of pyridine rings is 1. The van der Waals surface area contributed by atoms with Crippen LogP contribution in [0.2, 0.25) is 0 Å². The van der Waals surface area contributed by atoms with Crippen molar-refractivity contribution in [1.29, 1.82) is 0 Å². The maximum atomic E-state index is 11.1. The molecule has 0 spiro atoms. The largest absolute Gasteiger partial charge is 0.348 e. The van der Waals surface area contributed by atoms with Gasteiger partial charge in [0.2, 0.25) is 0 Å². The maximum Gasteiger partial charge on any atom is 0.278 e. The second-order valence-corrected chi connectivity index (χ2v) is 4.84. The van der Waals surface area contributed by atoms with Crippen molar-refractivity contribution < 1.29 is 4.92 Å². The number of nitro groups is 1. The lowest BCUT2D eigenvalue weighted by atomic mass is 10.1. The van der Waals surface area contributed by atoms with E-state index in [1.54, 1.807) is 20.0 Å². The predicted octanol–water partition coefficient (Wildman–Crippen LogP) is 2.18. The summed E-state index contributed by atoms with van der Waals surface area (Å²) in [4.78, 5) is 15.1. The van der Waals surface area contributed by atoms with Crippen LogP contribution in [-0.4, -0.2) is 21.5 Å². The molecule has 0 fully saturated rings. The van der Waals surface area contributed by atoms with Gasteiger partial charge < -0.3 is 9.88 Å². The van der Waals surface area contributed by atoms with Crippen molar-refractivity contribution in [3.8, 4) is 0 Å². The Bertz CT molecular complexity index is 634. The van der Waals surface area contributed by atoms with Crippen LogP contribution < -0.4 is 5.32 Å². The average Bonchev–Trinajstić information content (AvgIpc) is 2.81. The second kappa shape index (κ2) is 5.83. The van der Waals surface area contributed by atoms with Gasteiger partial charge in [0.05, 0.1) is 22.7 Å². The molecular formula is C14H18N4O2. The predicted molar refractivity (Wildman–Crippen MR) is 76.7 cm³/mol. The summed E-state index contributed by atoms with van der Waals surface area (Å²) >= 11 is 0. The van der Waals surface area contributed by atoms with Gasteiger partial charge in [0.1, 0.15) is 0 Å². The molecule has 0 atom stereocenters.